The van der Waals surface area contributed by atoms with Gasteiger partial charge in [0.2, 0.25) is 0 Å². The average Bonchev–Trinajstić information content (AvgIpc) is 2.36. The molecule has 0 unspecified atom stereocenters. The van der Waals surface area contributed by atoms with Gasteiger partial charge in [-0.15, -0.1) is 0 Å². The van der Waals surface area contributed by atoms with E-state index in [0.29, 0.717) is 16.5 Å². The Morgan fingerprint density at radius 2 is 2.00 bits per heavy atom. The average molecular weight is 324 g/mol. The van der Waals surface area contributed by atoms with Crippen LogP contribution in [0, 0.1) is 6.92 Å². The molecule has 2 aromatic rings. The van der Waals surface area contributed by atoms with Crippen molar-refractivity contribution in [3.8, 4) is 0 Å². The van der Waals surface area contributed by atoms with Gasteiger partial charge in [-0.25, -0.2) is 13.2 Å². The van der Waals surface area contributed by atoms with E-state index >= 15 is 0 Å². The van der Waals surface area contributed by atoms with Crippen molar-refractivity contribution in [3.05, 3.63) is 45.8 Å². The minimum absolute atomic E-state index is 0.117. The standard InChI is InChI=1S/C15H16O6S/c1-3-20-15(17)9-22(18,19)8-11-7-14(16)21-13-6-10(2)4-5-12(11)13/h4-7H,3,8-9H2,1-2H3. The third-order valence-corrected chi connectivity index (χ3v) is 4.43. The van der Waals surface area contributed by atoms with Gasteiger partial charge in [-0.1, -0.05) is 12.1 Å². The van der Waals surface area contributed by atoms with Crippen LogP contribution in [-0.4, -0.2) is 26.7 Å². The first kappa shape index (κ1) is 16.2. The Morgan fingerprint density at radius 3 is 2.68 bits per heavy atom. The third-order valence-electron chi connectivity index (χ3n) is 3.00. The number of hydrogen-bond acceptors (Lipinski definition) is 6. The number of rotatable bonds is 5. The van der Waals surface area contributed by atoms with Gasteiger partial charge in [-0.05, 0) is 31.0 Å². The van der Waals surface area contributed by atoms with Crippen molar-refractivity contribution in [3.63, 3.8) is 0 Å². The summed E-state index contributed by atoms with van der Waals surface area (Å²) in [6, 6.07) is 6.30. The summed E-state index contributed by atoms with van der Waals surface area (Å²) in [6.45, 7) is 3.55. The topological polar surface area (TPSA) is 90.7 Å². The zero-order valence-corrected chi connectivity index (χ0v) is 13.1. The van der Waals surface area contributed by atoms with Crippen LogP contribution in [0.5, 0.6) is 0 Å². The number of ether oxygens (including phenoxy) is 1. The molecule has 6 nitrogen and oxygen atoms in total. The van der Waals surface area contributed by atoms with Crippen molar-refractivity contribution < 1.29 is 22.4 Å². The van der Waals surface area contributed by atoms with Gasteiger partial charge in [0.15, 0.2) is 9.84 Å². The van der Waals surface area contributed by atoms with Crippen LogP contribution >= 0.6 is 0 Å². The number of carbonyl (C=O) groups excluding carboxylic acids is 1. The molecule has 22 heavy (non-hydrogen) atoms. The highest BCUT2D eigenvalue weighted by molar-refractivity contribution is 7.91. The molecule has 0 N–H and O–H groups in total. The fourth-order valence-corrected chi connectivity index (χ4v) is 3.38. The predicted molar refractivity (Wildman–Crippen MR) is 81.3 cm³/mol. The second-order valence-corrected chi connectivity index (χ2v) is 6.99. The summed E-state index contributed by atoms with van der Waals surface area (Å²) >= 11 is 0. The monoisotopic (exact) mass is 324 g/mol. The van der Waals surface area contributed by atoms with Crippen molar-refractivity contribution in [1.82, 2.24) is 0 Å². The molecule has 0 radical (unpaired) electrons. The van der Waals surface area contributed by atoms with Gasteiger partial charge < -0.3 is 9.15 Å². The molecular weight excluding hydrogens is 308 g/mol. The number of aryl methyl sites for hydroxylation is 1. The minimum atomic E-state index is -3.73. The maximum atomic E-state index is 12.1. The molecule has 0 aliphatic carbocycles. The first-order chi connectivity index (χ1) is 10.3. The second-order valence-electron chi connectivity index (χ2n) is 4.93. The number of hydrogen-bond donors (Lipinski definition) is 0. The van der Waals surface area contributed by atoms with Crippen molar-refractivity contribution in [1.29, 1.82) is 0 Å². The highest BCUT2D eigenvalue weighted by Gasteiger charge is 2.20. The molecule has 0 fully saturated rings. The zero-order chi connectivity index (χ0) is 16.3. The van der Waals surface area contributed by atoms with Gasteiger partial charge in [0.05, 0.1) is 12.4 Å². The number of benzene rings is 1. The van der Waals surface area contributed by atoms with E-state index < -0.39 is 32.9 Å². The van der Waals surface area contributed by atoms with Gasteiger partial charge in [0.25, 0.3) is 0 Å². The van der Waals surface area contributed by atoms with E-state index in [0.717, 1.165) is 11.6 Å². The Hall–Kier alpha value is -2.15. The smallest absolute Gasteiger partial charge is 0.336 e. The first-order valence-electron chi connectivity index (χ1n) is 6.70. The summed E-state index contributed by atoms with van der Waals surface area (Å²) in [4.78, 5) is 22.9. The molecule has 0 atom stereocenters. The van der Waals surface area contributed by atoms with Crippen LogP contribution in [0.4, 0.5) is 0 Å². The summed E-state index contributed by atoms with van der Waals surface area (Å²) in [5, 5.41) is 0.539. The Morgan fingerprint density at radius 1 is 1.27 bits per heavy atom. The van der Waals surface area contributed by atoms with E-state index in [9.17, 15) is 18.0 Å². The Kier molecular flexibility index (Phi) is 4.65. The maximum Gasteiger partial charge on any atom is 0.336 e. The van der Waals surface area contributed by atoms with Gasteiger partial charge in [-0.2, -0.15) is 0 Å². The lowest BCUT2D eigenvalue weighted by atomic mass is 10.1. The van der Waals surface area contributed by atoms with Gasteiger partial charge in [0, 0.05) is 11.5 Å². The summed E-state index contributed by atoms with van der Waals surface area (Å²) in [7, 11) is -3.73. The molecule has 0 saturated carbocycles. The van der Waals surface area contributed by atoms with Crippen molar-refractivity contribution in [2.24, 2.45) is 0 Å². The van der Waals surface area contributed by atoms with Crippen LogP contribution < -0.4 is 5.63 Å². The number of esters is 1. The lowest BCUT2D eigenvalue weighted by Gasteiger charge is -2.07. The molecule has 2 rings (SSSR count). The molecule has 0 saturated heterocycles. The highest BCUT2D eigenvalue weighted by Crippen LogP contribution is 2.20. The van der Waals surface area contributed by atoms with Gasteiger partial charge in [0.1, 0.15) is 11.3 Å². The highest BCUT2D eigenvalue weighted by atomic mass is 32.2. The number of carbonyl (C=O) groups is 1. The van der Waals surface area contributed by atoms with Crippen LogP contribution in [0.15, 0.2) is 33.5 Å². The van der Waals surface area contributed by atoms with Crippen LogP contribution in [0.25, 0.3) is 11.0 Å². The zero-order valence-electron chi connectivity index (χ0n) is 12.3. The molecule has 7 heteroatoms. The fraction of sp³-hybridized carbons (Fsp3) is 0.333. The minimum Gasteiger partial charge on any atom is -0.465 e. The largest absolute Gasteiger partial charge is 0.465 e. The molecule has 1 heterocycles. The molecule has 0 aliphatic rings. The molecule has 0 amide bonds. The maximum absolute atomic E-state index is 12.1. The van der Waals surface area contributed by atoms with Gasteiger partial charge in [-0.3, -0.25) is 4.79 Å². The van der Waals surface area contributed by atoms with Crippen LogP contribution in [0.1, 0.15) is 18.1 Å². The van der Waals surface area contributed by atoms with E-state index in [2.05, 4.69) is 4.74 Å². The fourth-order valence-electron chi connectivity index (χ4n) is 2.13. The van der Waals surface area contributed by atoms with Crippen LogP contribution in [-0.2, 0) is 25.1 Å². The molecule has 0 bridgehead atoms. The van der Waals surface area contributed by atoms with Gasteiger partial charge >= 0.3 is 11.6 Å². The van der Waals surface area contributed by atoms with E-state index in [4.69, 9.17) is 4.42 Å². The third kappa shape index (κ3) is 3.94. The summed E-state index contributed by atoms with van der Waals surface area (Å²) in [6.07, 6.45) is 0. The van der Waals surface area contributed by atoms with Crippen LogP contribution in [0.3, 0.4) is 0 Å². The number of sulfone groups is 1. The quantitative estimate of drug-likeness (QED) is 0.612. The Balaban J connectivity index is 2.39. The van der Waals surface area contributed by atoms with E-state index in [-0.39, 0.29) is 6.61 Å². The van der Waals surface area contributed by atoms with Crippen molar-refractivity contribution >= 4 is 26.8 Å². The lowest BCUT2D eigenvalue weighted by Crippen LogP contribution is -2.20. The predicted octanol–water partition coefficient (Wildman–Crippen LogP) is 1.58. The molecule has 0 spiro atoms. The summed E-state index contributed by atoms with van der Waals surface area (Å²) < 4.78 is 33.9. The molecule has 118 valence electrons. The second kappa shape index (κ2) is 6.31. The lowest BCUT2D eigenvalue weighted by molar-refractivity contribution is -0.139. The van der Waals surface area contributed by atoms with Crippen LogP contribution in [0.2, 0.25) is 0 Å². The Bertz CT molecular complexity index is 863. The summed E-state index contributed by atoms with van der Waals surface area (Å²) in [5.74, 6) is -1.93. The van der Waals surface area contributed by atoms with E-state index in [1.165, 1.54) is 0 Å². The molecule has 1 aromatic carbocycles. The number of fused-ring (bicyclic) bond motifs is 1. The van der Waals surface area contributed by atoms with E-state index in [1.54, 1.807) is 25.1 Å². The van der Waals surface area contributed by atoms with Crippen molar-refractivity contribution in [2.75, 3.05) is 12.4 Å². The molecule has 1 aromatic heterocycles. The summed E-state index contributed by atoms with van der Waals surface area (Å²) in [5.41, 5.74) is 0.908. The first-order valence-corrected chi connectivity index (χ1v) is 8.52. The normalized spacial score (nSPS) is 11.5. The SMILES string of the molecule is CCOC(=O)CS(=O)(=O)Cc1cc(=O)oc2cc(C)ccc12. The molecular formula is C15H16O6S. The Labute approximate surface area is 127 Å². The molecule has 0 aliphatic heterocycles. The van der Waals surface area contributed by atoms with Crippen molar-refractivity contribution in [2.45, 2.75) is 19.6 Å². The van der Waals surface area contributed by atoms with E-state index in [1.807, 2.05) is 6.92 Å².